The van der Waals surface area contributed by atoms with Gasteiger partial charge in [0.15, 0.2) is 0 Å². The lowest BCUT2D eigenvalue weighted by Crippen LogP contribution is -2.40. The van der Waals surface area contributed by atoms with Crippen LogP contribution in [0.5, 0.6) is 0 Å². The lowest BCUT2D eigenvalue weighted by atomic mass is 9.93. The average molecular weight is 1270 g/mol. The number of nitrogens with zero attached hydrogens (tertiary/aromatic N) is 6. The SMILES string of the molecule is CN=S(C)(=O)c1cccc2c1CCN(C(=O)Cc1c(Cl)cccc1Cl)[C@H]2C.C[C@H]1c2cccc(S(C)(=N)=O)c2CCN1C(=O)Cc1c(Cl)cccc1Cl.C[C@H]1c2cccc(S(C)(=O)=NC#N)c2CCN1C(=O)Cc1c(Cl)cccc1Cl. The molecule has 3 aliphatic heterocycles. The van der Waals surface area contributed by atoms with Crippen LogP contribution >= 0.6 is 69.6 Å². The Morgan fingerprint density at radius 1 is 0.506 bits per heavy atom. The van der Waals surface area contributed by atoms with Crippen LogP contribution in [-0.2, 0) is 82.1 Å². The van der Waals surface area contributed by atoms with E-state index in [1.165, 1.54) is 12.5 Å². The second-order valence-corrected chi connectivity index (χ2v) is 29.2. The maximum absolute atomic E-state index is 13.0. The first-order valence-electron chi connectivity index (χ1n) is 25.7. The number of carbonyl (C=O) groups excluding carboxylic acids is 3. The standard InChI is InChI=1S/C20H19Cl2N3O2S.C20H22Cl2N2O2S.C19H20Cl2N2O2S/c1-13-14-5-3-8-19(28(2,27)24-12-23)15(14)9-10-25(13)20(26)11-16-17(21)6-4-7-18(16)22;1-13-14-6-4-9-19(27(3,26)23-2)15(14)10-11-24(13)20(25)12-16-17(21)7-5-8-18(16)22;1-12-13-5-3-8-18(26(2,22)25)14(13)9-10-23(12)19(24)11-15-16(20)6-4-7-17(15)21/h3-8,13H,9-11H2,1-2H3;4-9,13H,10-12H2,1-3H3;3-8,12,22H,9-11H2,1-2H3/t13-,28?;13-,27?;12-,26?/m000/s1. The Bertz CT molecular complexity index is 3810. The molecule has 3 aliphatic rings. The summed E-state index contributed by atoms with van der Waals surface area (Å²) in [6, 6.07) is 31.9. The topological polar surface area (TPSA) is 184 Å². The predicted octanol–water partition coefficient (Wildman–Crippen LogP) is 14.1. The van der Waals surface area contributed by atoms with E-state index in [-0.39, 0.29) is 55.1 Å². The zero-order valence-electron chi connectivity index (χ0n) is 45.6. The van der Waals surface area contributed by atoms with E-state index in [0.29, 0.717) is 95.5 Å². The van der Waals surface area contributed by atoms with Gasteiger partial charge in [0.1, 0.15) is 0 Å². The van der Waals surface area contributed by atoms with Crippen LogP contribution in [0.1, 0.15) is 89.0 Å². The maximum Gasteiger partial charge on any atom is 0.227 e. The van der Waals surface area contributed by atoms with Crippen molar-refractivity contribution in [1.82, 2.24) is 14.7 Å². The van der Waals surface area contributed by atoms with E-state index >= 15 is 0 Å². The van der Waals surface area contributed by atoms with Gasteiger partial charge in [-0.3, -0.25) is 14.4 Å². The van der Waals surface area contributed by atoms with Crippen LogP contribution in [-0.4, -0.2) is 90.5 Å². The molecule has 0 saturated heterocycles. The molecule has 6 aromatic rings. The van der Waals surface area contributed by atoms with Crippen LogP contribution in [0.3, 0.4) is 0 Å². The highest BCUT2D eigenvalue weighted by Gasteiger charge is 2.34. The Morgan fingerprint density at radius 3 is 1.06 bits per heavy atom. The number of rotatable bonds is 9. The molecule has 9 rings (SSSR count). The van der Waals surface area contributed by atoms with Crippen molar-refractivity contribution in [2.75, 3.05) is 45.4 Å². The number of hydrogen-bond donors (Lipinski definition) is 1. The normalized spacial score (nSPS) is 18.5. The summed E-state index contributed by atoms with van der Waals surface area (Å²) in [6.07, 6.45) is 8.40. The highest BCUT2D eigenvalue weighted by Crippen LogP contribution is 2.39. The Kier molecular flexibility index (Phi) is 20.8. The number of carbonyl (C=O) groups is 3. The minimum Gasteiger partial charge on any atom is -0.335 e. The summed E-state index contributed by atoms with van der Waals surface area (Å²) in [5, 5.41) is 11.8. The summed E-state index contributed by atoms with van der Waals surface area (Å²) in [5.41, 5.74) is 7.68. The van der Waals surface area contributed by atoms with E-state index < -0.39 is 29.2 Å². The molecule has 0 spiro atoms. The van der Waals surface area contributed by atoms with Crippen molar-refractivity contribution in [3.63, 3.8) is 0 Å². The van der Waals surface area contributed by atoms with E-state index in [9.17, 15) is 27.0 Å². The van der Waals surface area contributed by atoms with Crippen LogP contribution in [0.25, 0.3) is 0 Å². The quantitative estimate of drug-likeness (QED) is 0.140. The zero-order valence-corrected chi connectivity index (χ0v) is 52.6. The number of fused-ring (bicyclic) bond motifs is 3. The number of halogens is 6. The summed E-state index contributed by atoms with van der Waals surface area (Å²) in [6.45, 7) is 7.44. The van der Waals surface area contributed by atoms with Crippen LogP contribution in [0.15, 0.2) is 133 Å². The van der Waals surface area contributed by atoms with E-state index in [0.717, 1.165) is 38.3 Å². The molecule has 0 radical (unpaired) electrons. The fraction of sp³-hybridized carbons (Fsp3) is 0.322. The van der Waals surface area contributed by atoms with Crippen molar-refractivity contribution >= 4 is 117 Å². The average Bonchev–Trinajstić information content (AvgIpc) is 3.63. The maximum atomic E-state index is 13.0. The van der Waals surface area contributed by atoms with Gasteiger partial charge in [-0.2, -0.15) is 5.26 Å². The summed E-state index contributed by atoms with van der Waals surface area (Å²) >= 11 is 37.2. The number of amides is 3. The van der Waals surface area contributed by atoms with Gasteiger partial charge in [0.2, 0.25) is 23.9 Å². The molecule has 6 atom stereocenters. The second-order valence-electron chi connectivity index (χ2n) is 20.0. The first-order valence-corrected chi connectivity index (χ1v) is 33.8. The van der Waals surface area contributed by atoms with Gasteiger partial charge in [-0.15, -0.1) is 4.36 Å². The highest BCUT2D eigenvalue weighted by atomic mass is 35.5. The molecule has 13 nitrogen and oxygen atoms in total. The molecule has 3 heterocycles. The van der Waals surface area contributed by atoms with Crippen LogP contribution in [0, 0.1) is 16.2 Å². The lowest BCUT2D eigenvalue weighted by Gasteiger charge is -2.36. The Balaban J connectivity index is 0.000000175. The van der Waals surface area contributed by atoms with E-state index in [4.69, 9.17) is 79.6 Å². The zero-order chi connectivity index (χ0) is 59.3. The first kappa shape index (κ1) is 63.4. The van der Waals surface area contributed by atoms with Gasteiger partial charge in [-0.1, -0.05) is 124 Å². The molecular weight excluding hydrogens is 1210 g/mol. The molecule has 81 heavy (non-hydrogen) atoms. The Labute approximate surface area is 506 Å². The molecule has 428 valence electrons. The van der Waals surface area contributed by atoms with E-state index in [1.807, 2.05) is 56.0 Å². The summed E-state index contributed by atoms with van der Waals surface area (Å²) in [7, 11) is -6.44. The fourth-order valence-corrected chi connectivity index (χ4v) is 15.8. The Hall–Kier alpha value is -5.19. The molecule has 1 N–H and O–H groups in total. The van der Waals surface area contributed by atoms with E-state index in [1.54, 1.807) is 108 Å². The number of nitrogens with one attached hydrogen (secondary N) is 1. The van der Waals surface area contributed by atoms with Crippen molar-refractivity contribution in [2.24, 2.45) is 8.73 Å². The second kappa shape index (κ2) is 26.6. The summed E-state index contributed by atoms with van der Waals surface area (Å²) in [4.78, 5) is 46.2. The molecule has 0 bridgehead atoms. The molecule has 3 unspecified atom stereocenters. The minimum atomic E-state index is -2.80. The molecule has 0 fully saturated rings. The molecule has 0 saturated carbocycles. The van der Waals surface area contributed by atoms with Gasteiger partial charge in [0.25, 0.3) is 0 Å². The molecule has 6 aromatic carbocycles. The smallest absolute Gasteiger partial charge is 0.227 e. The molecule has 22 heteroatoms. The monoisotopic (exact) mass is 1270 g/mol. The first-order chi connectivity index (χ1) is 38.2. The molecule has 3 amide bonds. The molecule has 0 aliphatic carbocycles. The number of hydrogen-bond acceptors (Lipinski definition) is 10. The van der Waals surface area contributed by atoms with Gasteiger partial charge in [0.05, 0.1) is 81.3 Å². The van der Waals surface area contributed by atoms with Gasteiger partial charge in [-0.05, 0) is 145 Å². The van der Waals surface area contributed by atoms with Crippen molar-refractivity contribution in [1.29, 1.82) is 10.0 Å². The summed E-state index contributed by atoms with van der Waals surface area (Å²) in [5.74, 6) is -0.143. The summed E-state index contributed by atoms with van der Waals surface area (Å²) < 4.78 is 53.5. The third-order valence-electron chi connectivity index (χ3n) is 15.0. The van der Waals surface area contributed by atoms with Gasteiger partial charge < -0.3 is 14.7 Å². The fourth-order valence-electron chi connectivity index (χ4n) is 10.7. The largest absolute Gasteiger partial charge is 0.335 e. The highest BCUT2D eigenvalue weighted by molar-refractivity contribution is 7.93. The third kappa shape index (κ3) is 14.3. The van der Waals surface area contributed by atoms with E-state index in [2.05, 4.69) is 8.73 Å². The van der Waals surface area contributed by atoms with Crippen molar-refractivity contribution in [2.45, 2.75) is 92.1 Å². The van der Waals surface area contributed by atoms with Crippen molar-refractivity contribution in [3.8, 4) is 6.19 Å². The van der Waals surface area contributed by atoms with Crippen LogP contribution in [0.2, 0.25) is 30.1 Å². The number of benzene rings is 6. The van der Waals surface area contributed by atoms with Crippen molar-refractivity contribution < 1.29 is 27.0 Å². The molecular formula is C59H61Cl6N7O6S3. The Morgan fingerprint density at radius 2 is 0.778 bits per heavy atom. The van der Waals surface area contributed by atoms with Gasteiger partial charge in [0, 0.05) is 75.6 Å². The predicted molar refractivity (Wildman–Crippen MR) is 327 cm³/mol. The third-order valence-corrected chi connectivity index (χ3v) is 21.9. The van der Waals surface area contributed by atoms with Gasteiger partial charge in [-0.25, -0.2) is 21.8 Å². The van der Waals surface area contributed by atoms with Gasteiger partial charge >= 0.3 is 0 Å². The minimum absolute atomic E-state index is 0.0223. The lowest BCUT2D eigenvalue weighted by molar-refractivity contribution is -0.133. The van der Waals surface area contributed by atoms with Crippen LogP contribution in [0.4, 0.5) is 0 Å². The van der Waals surface area contributed by atoms with Crippen molar-refractivity contribution in [3.05, 3.63) is 189 Å². The number of nitriles is 1. The van der Waals surface area contributed by atoms with Crippen LogP contribution < -0.4 is 0 Å². The molecule has 0 aromatic heterocycles.